The third kappa shape index (κ3) is 2.14. The first kappa shape index (κ1) is 9.70. The molecule has 0 bridgehead atoms. The lowest BCUT2D eigenvalue weighted by Crippen LogP contribution is -1.98. The van der Waals surface area contributed by atoms with Gasteiger partial charge in [-0.05, 0) is 49.3 Å². The van der Waals surface area contributed by atoms with Crippen molar-refractivity contribution in [2.75, 3.05) is 0 Å². The SMILES string of the molecule is Cc1cncc2c1CCCCCCC2. The van der Waals surface area contributed by atoms with Gasteiger partial charge in [0.25, 0.3) is 0 Å². The van der Waals surface area contributed by atoms with E-state index in [1.165, 1.54) is 56.1 Å². The van der Waals surface area contributed by atoms with Crippen LogP contribution in [0.1, 0.15) is 48.8 Å². The number of pyridine rings is 1. The first-order chi connectivity index (χ1) is 6.88. The maximum absolute atomic E-state index is 4.30. The van der Waals surface area contributed by atoms with Crippen molar-refractivity contribution in [2.45, 2.75) is 51.9 Å². The van der Waals surface area contributed by atoms with Gasteiger partial charge in [-0.2, -0.15) is 0 Å². The number of aromatic nitrogens is 1. The third-order valence-corrected chi connectivity index (χ3v) is 3.24. The van der Waals surface area contributed by atoms with Crippen molar-refractivity contribution in [1.82, 2.24) is 4.98 Å². The summed E-state index contributed by atoms with van der Waals surface area (Å²) in [6.07, 6.45) is 13.5. The number of aryl methyl sites for hydroxylation is 2. The molecule has 1 aliphatic carbocycles. The van der Waals surface area contributed by atoms with Gasteiger partial charge in [-0.3, -0.25) is 4.98 Å². The average Bonchev–Trinajstić information content (AvgIpc) is 2.30. The normalized spacial score (nSPS) is 17.8. The van der Waals surface area contributed by atoms with Crippen LogP contribution in [0.2, 0.25) is 0 Å². The minimum atomic E-state index is 1.24. The summed E-state index contributed by atoms with van der Waals surface area (Å²) in [6.45, 7) is 2.20. The molecule has 0 fully saturated rings. The van der Waals surface area contributed by atoms with Crippen LogP contribution in [-0.2, 0) is 12.8 Å². The second kappa shape index (κ2) is 4.59. The minimum Gasteiger partial charge on any atom is -0.264 e. The van der Waals surface area contributed by atoms with Gasteiger partial charge in [0.1, 0.15) is 0 Å². The summed E-state index contributed by atoms with van der Waals surface area (Å²) in [7, 11) is 0. The van der Waals surface area contributed by atoms with E-state index in [9.17, 15) is 0 Å². The zero-order chi connectivity index (χ0) is 9.80. The zero-order valence-corrected chi connectivity index (χ0v) is 9.05. The van der Waals surface area contributed by atoms with Gasteiger partial charge >= 0.3 is 0 Å². The molecule has 0 unspecified atom stereocenters. The lowest BCUT2D eigenvalue weighted by Gasteiger charge is -2.09. The Labute approximate surface area is 86.6 Å². The maximum atomic E-state index is 4.30. The van der Waals surface area contributed by atoms with Gasteiger partial charge in [0, 0.05) is 12.4 Å². The monoisotopic (exact) mass is 189 g/mol. The highest BCUT2D eigenvalue weighted by atomic mass is 14.6. The van der Waals surface area contributed by atoms with Gasteiger partial charge in [0.2, 0.25) is 0 Å². The number of hydrogen-bond donors (Lipinski definition) is 0. The zero-order valence-electron chi connectivity index (χ0n) is 9.05. The topological polar surface area (TPSA) is 12.9 Å². The summed E-state index contributed by atoms with van der Waals surface area (Å²) < 4.78 is 0. The molecule has 2 rings (SSSR count). The summed E-state index contributed by atoms with van der Waals surface area (Å²) in [5, 5.41) is 0. The molecular formula is C13H19N. The van der Waals surface area contributed by atoms with Crippen LogP contribution >= 0.6 is 0 Å². The van der Waals surface area contributed by atoms with Gasteiger partial charge in [0.15, 0.2) is 0 Å². The molecule has 0 radical (unpaired) electrons. The highest BCUT2D eigenvalue weighted by molar-refractivity contribution is 5.31. The van der Waals surface area contributed by atoms with E-state index in [-0.39, 0.29) is 0 Å². The second-order valence-corrected chi connectivity index (χ2v) is 4.36. The third-order valence-electron chi connectivity index (χ3n) is 3.24. The number of rotatable bonds is 0. The molecule has 0 aromatic carbocycles. The maximum Gasteiger partial charge on any atom is 0.0302 e. The van der Waals surface area contributed by atoms with Crippen LogP contribution in [0.5, 0.6) is 0 Å². The van der Waals surface area contributed by atoms with Crippen LogP contribution in [0.4, 0.5) is 0 Å². The Morgan fingerprint density at radius 1 is 0.929 bits per heavy atom. The molecule has 0 aliphatic heterocycles. The summed E-state index contributed by atoms with van der Waals surface area (Å²) >= 11 is 0. The fourth-order valence-electron chi connectivity index (χ4n) is 2.37. The molecule has 0 atom stereocenters. The number of fused-ring (bicyclic) bond motifs is 1. The predicted molar refractivity (Wildman–Crippen MR) is 59.5 cm³/mol. The Bertz CT molecular complexity index is 304. The second-order valence-electron chi connectivity index (χ2n) is 4.36. The van der Waals surface area contributed by atoms with E-state index < -0.39 is 0 Å². The fraction of sp³-hybridized carbons (Fsp3) is 0.615. The number of hydrogen-bond acceptors (Lipinski definition) is 1. The molecule has 1 heteroatoms. The lowest BCUT2D eigenvalue weighted by molar-refractivity contribution is 0.629. The van der Waals surface area contributed by atoms with Crippen molar-refractivity contribution in [3.05, 3.63) is 29.1 Å². The summed E-state index contributed by atoms with van der Waals surface area (Å²) in [4.78, 5) is 4.30. The van der Waals surface area contributed by atoms with Crippen molar-refractivity contribution in [3.63, 3.8) is 0 Å². The molecule has 1 nitrogen and oxygen atoms in total. The van der Waals surface area contributed by atoms with Crippen LogP contribution in [0.25, 0.3) is 0 Å². The molecule has 0 amide bonds. The summed E-state index contributed by atoms with van der Waals surface area (Å²) in [5.74, 6) is 0. The average molecular weight is 189 g/mol. The Balaban J connectivity index is 2.26. The van der Waals surface area contributed by atoms with Crippen LogP contribution in [0.15, 0.2) is 12.4 Å². The van der Waals surface area contributed by atoms with Gasteiger partial charge in [-0.25, -0.2) is 0 Å². The molecule has 1 heterocycles. The van der Waals surface area contributed by atoms with E-state index >= 15 is 0 Å². The predicted octanol–water partition coefficient (Wildman–Crippen LogP) is 3.44. The van der Waals surface area contributed by atoms with E-state index in [4.69, 9.17) is 0 Å². The quantitative estimate of drug-likeness (QED) is 0.609. The first-order valence-electron chi connectivity index (χ1n) is 5.80. The Morgan fingerprint density at radius 3 is 2.50 bits per heavy atom. The summed E-state index contributed by atoms with van der Waals surface area (Å²) in [5.41, 5.74) is 4.48. The van der Waals surface area contributed by atoms with Crippen molar-refractivity contribution in [2.24, 2.45) is 0 Å². The Hall–Kier alpha value is -0.850. The molecule has 1 aromatic rings. The van der Waals surface area contributed by atoms with Crippen molar-refractivity contribution in [3.8, 4) is 0 Å². The van der Waals surface area contributed by atoms with E-state index in [1.807, 2.05) is 6.20 Å². The van der Waals surface area contributed by atoms with Crippen LogP contribution < -0.4 is 0 Å². The van der Waals surface area contributed by atoms with Crippen molar-refractivity contribution < 1.29 is 0 Å². The summed E-state index contributed by atoms with van der Waals surface area (Å²) in [6, 6.07) is 0. The molecule has 0 N–H and O–H groups in total. The number of nitrogens with zero attached hydrogens (tertiary/aromatic N) is 1. The molecule has 0 saturated carbocycles. The van der Waals surface area contributed by atoms with Crippen molar-refractivity contribution in [1.29, 1.82) is 0 Å². The van der Waals surface area contributed by atoms with Gasteiger partial charge in [0.05, 0.1) is 0 Å². The van der Waals surface area contributed by atoms with Gasteiger partial charge in [-0.1, -0.05) is 19.3 Å². The molecule has 14 heavy (non-hydrogen) atoms. The molecule has 1 aliphatic rings. The van der Waals surface area contributed by atoms with Crippen LogP contribution in [-0.4, -0.2) is 4.98 Å². The standard InChI is InChI=1S/C13H19N/c1-11-9-14-10-12-7-5-3-2-4-6-8-13(11)12/h9-10H,2-8H2,1H3. The Morgan fingerprint density at radius 2 is 1.64 bits per heavy atom. The van der Waals surface area contributed by atoms with Crippen LogP contribution in [0.3, 0.4) is 0 Å². The molecule has 1 aromatic heterocycles. The Kier molecular flexibility index (Phi) is 3.18. The fourth-order valence-corrected chi connectivity index (χ4v) is 2.37. The lowest BCUT2D eigenvalue weighted by atomic mass is 9.98. The van der Waals surface area contributed by atoms with Crippen LogP contribution in [0, 0.1) is 6.92 Å². The first-order valence-corrected chi connectivity index (χ1v) is 5.80. The van der Waals surface area contributed by atoms with Gasteiger partial charge in [-0.15, -0.1) is 0 Å². The highest BCUT2D eigenvalue weighted by Crippen LogP contribution is 2.21. The van der Waals surface area contributed by atoms with E-state index in [1.54, 1.807) is 5.56 Å². The molecule has 0 spiro atoms. The minimum absolute atomic E-state index is 1.24. The van der Waals surface area contributed by atoms with E-state index in [2.05, 4.69) is 18.1 Å². The largest absolute Gasteiger partial charge is 0.264 e. The smallest absolute Gasteiger partial charge is 0.0302 e. The highest BCUT2D eigenvalue weighted by Gasteiger charge is 2.08. The van der Waals surface area contributed by atoms with E-state index in [0.717, 1.165) is 0 Å². The van der Waals surface area contributed by atoms with E-state index in [0.29, 0.717) is 0 Å². The molecule has 76 valence electrons. The van der Waals surface area contributed by atoms with Crippen molar-refractivity contribution >= 4 is 0 Å². The molecular weight excluding hydrogens is 170 g/mol. The van der Waals surface area contributed by atoms with Gasteiger partial charge < -0.3 is 0 Å². The molecule has 0 saturated heterocycles.